The van der Waals surface area contributed by atoms with Gasteiger partial charge < -0.3 is 5.32 Å². The highest BCUT2D eigenvalue weighted by Crippen LogP contribution is 2.17. The molecule has 0 aromatic carbocycles. The fourth-order valence-electron chi connectivity index (χ4n) is 2.44. The van der Waals surface area contributed by atoms with Gasteiger partial charge in [-0.05, 0) is 19.3 Å². The number of hydrogen-bond acceptors (Lipinski definition) is 2. The number of hydrogen-bond donors (Lipinski definition) is 1. The van der Waals surface area contributed by atoms with Crippen molar-refractivity contribution in [3.63, 3.8) is 0 Å². The summed E-state index contributed by atoms with van der Waals surface area (Å²) in [6.45, 7) is 9.91. The Morgan fingerprint density at radius 3 is 2.58 bits per heavy atom. The van der Waals surface area contributed by atoms with Crippen molar-refractivity contribution in [3.05, 3.63) is 17.5 Å². The smallest absolute Gasteiger partial charge is 0.0694 e. The average Bonchev–Trinajstić information content (AvgIpc) is 2.74. The van der Waals surface area contributed by atoms with Crippen LogP contribution in [-0.4, -0.2) is 15.8 Å². The molecule has 0 saturated carbocycles. The summed E-state index contributed by atoms with van der Waals surface area (Å²) in [5.41, 5.74) is 2.58. The van der Waals surface area contributed by atoms with Gasteiger partial charge >= 0.3 is 0 Å². The first-order chi connectivity index (χ1) is 9.04. The molecule has 3 heteroatoms. The summed E-state index contributed by atoms with van der Waals surface area (Å²) < 4.78 is 1.93. The third-order valence-electron chi connectivity index (χ3n) is 3.62. The molecule has 0 aliphatic rings. The predicted molar refractivity (Wildman–Crippen MR) is 82.4 cm³/mol. The van der Waals surface area contributed by atoms with E-state index in [2.05, 4.69) is 44.3 Å². The van der Waals surface area contributed by atoms with E-state index in [4.69, 9.17) is 0 Å². The van der Waals surface area contributed by atoms with Crippen LogP contribution in [0.1, 0.15) is 77.0 Å². The van der Waals surface area contributed by atoms with Crippen LogP contribution in [0.4, 0.5) is 0 Å². The molecule has 0 fully saturated rings. The Hall–Kier alpha value is -0.830. The molecule has 0 saturated heterocycles. The van der Waals surface area contributed by atoms with Gasteiger partial charge in [0.05, 0.1) is 5.69 Å². The molecule has 0 bridgehead atoms. The van der Waals surface area contributed by atoms with Crippen LogP contribution >= 0.6 is 0 Å². The molecule has 1 N–H and O–H groups in total. The van der Waals surface area contributed by atoms with Crippen molar-refractivity contribution in [2.45, 2.75) is 78.3 Å². The molecule has 3 nitrogen and oxygen atoms in total. The van der Waals surface area contributed by atoms with Gasteiger partial charge in [0.1, 0.15) is 0 Å². The summed E-state index contributed by atoms with van der Waals surface area (Å²) >= 11 is 0. The Morgan fingerprint density at radius 2 is 1.95 bits per heavy atom. The molecule has 0 radical (unpaired) electrons. The number of aryl methyl sites for hydroxylation is 1. The Morgan fingerprint density at radius 1 is 1.21 bits per heavy atom. The van der Waals surface area contributed by atoms with Gasteiger partial charge in [-0.1, -0.05) is 46.5 Å². The van der Waals surface area contributed by atoms with Gasteiger partial charge in [-0.15, -0.1) is 0 Å². The number of nitrogens with zero attached hydrogens (tertiary/aromatic N) is 2. The molecule has 1 atom stereocenters. The molecule has 0 spiro atoms. The normalized spacial score (nSPS) is 13.2. The van der Waals surface area contributed by atoms with E-state index in [-0.39, 0.29) is 0 Å². The molecule has 19 heavy (non-hydrogen) atoms. The Labute approximate surface area is 118 Å². The minimum atomic E-state index is 0.498. The monoisotopic (exact) mass is 265 g/mol. The van der Waals surface area contributed by atoms with Crippen LogP contribution in [0.15, 0.2) is 6.20 Å². The van der Waals surface area contributed by atoms with Crippen molar-refractivity contribution < 1.29 is 0 Å². The zero-order chi connectivity index (χ0) is 14.3. The topological polar surface area (TPSA) is 29.9 Å². The molecule has 0 aliphatic carbocycles. The molecule has 0 amide bonds. The third kappa shape index (κ3) is 5.77. The lowest BCUT2D eigenvalue weighted by Gasteiger charge is -2.14. The van der Waals surface area contributed by atoms with Crippen molar-refractivity contribution in [2.24, 2.45) is 7.05 Å². The van der Waals surface area contributed by atoms with Gasteiger partial charge in [-0.2, -0.15) is 5.10 Å². The highest BCUT2D eigenvalue weighted by Gasteiger charge is 2.11. The molecule has 1 heterocycles. The number of aromatic nitrogens is 2. The van der Waals surface area contributed by atoms with Crippen LogP contribution in [0.25, 0.3) is 0 Å². The number of unbranched alkanes of at least 4 members (excludes halogenated alkanes) is 3. The largest absolute Gasteiger partial charge is 0.310 e. The average molecular weight is 265 g/mol. The van der Waals surface area contributed by atoms with Crippen LogP contribution in [-0.2, 0) is 13.6 Å². The summed E-state index contributed by atoms with van der Waals surface area (Å²) in [5.74, 6) is 0.498. The fraction of sp³-hybridized carbons (Fsp3) is 0.812. The summed E-state index contributed by atoms with van der Waals surface area (Å²) in [6, 6.07) is 0.595. The first-order valence-corrected chi connectivity index (χ1v) is 7.80. The first-order valence-electron chi connectivity index (χ1n) is 7.80. The Balaban J connectivity index is 2.35. The van der Waals surface area contributed by atoms with Gasteiger partial charge in [0.25, 0.3) is 0 Å². The van der Waals surface area contributed by atoms with Crippen LogP contribution in [0, 0.1) is 0 Å². The van der Waals surface area contributed by atoms with Crippen molar-refractivity contribution in [1.82, 2.24) is 15.1 Å². The van der Waals surface area contributed by atoms with Crippen LogP contribution < -0.4 is 5.32 Å². The van der Waals surface area contributed by atoms with E-state index in [1.54, 1.807) is 0 Å². The predicted octanol–water partition coefficient (Wildman–Crippen LogP) is 3.99. The van der Waals surface area contributed by atoms with Gasteiger partial charge in [0, 0.05) is 31.4 Å². The minimum Gasteiger partial charge on any atom is -0.310 e. The lowest BCUT2D eigenvalue weighted by Crippen LogP contribution is -2.25. The van der Waals surface area contributed by atoms with Crippen LogP contribution in [0.2, 0.25) is 0 Å². The molecule has 110 valence electrons. The van der Waals surface area contributed by atoms with Crippen LogP contribution in [0.5, 0.6) is 0 Å². The van der Waals surface area contributed by atoms with Crippen molar-refractivity contribution in [3.8, 4) is 0 Å². The van der Waals surface area contributed by atoms with Crippen molar-refractivity contribution in [2.75, 3.05) is 0 Å². The second-order valence-corrected chi connectivity index (χ2v) is 6.00. The lowest BCUT2D eigenvalue weighted by atomic mass is 10.1. The van der Waals surface area contributed by atoms with E-state index in [9.17, 15) is 0 Å². The zero-order valence-electron chi connectivity index (χ0n) is 13.4. The third-order valence-corrected chi connectivity index (χ3v) is 3.62. The molecule has 1 unspecified atom stereocenters. The minimum absolute atomic E-state index is 0.498. The molecular formula is C16H31N3. The second-order valence-electron chi connectivity index (χ2n) is 6.00. The second kappa shape index (κ2) is 8.36. The number of nitrogens with one attached hydrogen (secondary N) is 1. The Bertz CT molecular complexity index is 355. The van der Waals surface area contributed by atoms with Crippen molar-refractivity contribution >= 4 is 0 Å². The molecule has 1 aromatic heterocycles. The SMILES string of the molecule is CCCCCCC(C)NCc1cn(C)nc1C(C)C. The molecule has 0 aliphatic heterocycles. The lowest BCUT2D eigenvalue weighted by molar-refractivity contribution is 0.481. The first kappa shape index (κ1) is 16.2. The maximum absolute atomic E-state index is 4.55. The van der Waals surface area contributed by atoms with E-state index in [1.807, 2.05) is 11.7 Å². The summed E-state index contributed by atoms with van der Waals surface area (Å²) in [5, 5.41) is 8.18. The van der Waals surface area contributed by atoms with E-state index in [1.165, 1.54) is 43.4 Å². The van der Waals surface area contributed by atoms with E-state index < -0.39 is 0 Å². The fourth-order valence-corrected chi connectivity index (χ4v) is 2.44. The van der Waals surface area contributed by atoms with Gasteiger partial charge in [0.15, 0.2) is 0 Å². The molecule has 1 aromatic rings. The van der Waals surface area contributed by atoms with Crippen molar-refractivity contribution in [1.29, 1.82) is 0 Å². The highest BCUT2D eigenvalue weighted by molar-refractivity contribution is 5.20. The van der Waals surface area contributed by atoms with Crippen LogP contribution in [0.3, 0.4) is 0 Å². The maximum atomic E-state index is 4.55. The molecule has 1 rings (SSSR count). The summed E-state index contributed by atoms with van der Waals surface area (Å²) in [7, 11) is 2.00. The van der Waals surface area contributed by atoms with E-state index >= 15 is 0 Å². The van der Waals surface area contributed by atoms with E-state index in [0.717, 1.165) is 6.54 Å². The maximum Gasteiger partial charge on any atom is 0.0694 e. The van der Waals surface area contributed by atoms with E-state index in [0.29, 0.717) is 12.0 Å². The van der Waals surface area contributed by atoms with Gasteiger partial charge in [0.2, 0.25) is 0 Å². The number of rotatable bonds is 9. The van der Waals surface area contributed by atoms with Gasteiger partial charge in [-0.3, -0.25) is 4.68 Å². The summed E-state index contributed by atoms with van der Waals surface area (Å²) in [6.07, 6.45) is 8.81. The van der Waals surface area contributed by atoms with Gasteiger partial charge in [-0.25, -0.2) is 0 Å². The molecular weight excluding hydrogens is 234 g/mol. The quantitative estimate of drug-likeness (QED) is 0.684. The Kier molecular flexibility index (Phi) is 7.14. The zero-order valence-corrected chi connectivity index (χ0v) is 13.4. The highest BCUT2D eigenvalue weighted by atomic mass is 15.3. The standard InChI is InChI=1S/C16H31N3/c1-6-7-8-9-10-14(4)17-11-15-12-19(5)18-16(15)13(2)3/h12-14,17H,6-11H2,1-5H3. The summed E-state index contributed by atoms with van der Waals surface area (Å²) in [4.78, 5) is 0.